The van der Waals surface area contributed by atoms with Crippen molar-refractivity contribution >= 4 is 5.91 Å². The number of ether oxygens (including phenoxy) is 1. The summed E-state index contributed by atoms with van der Waals surface area (Å²) in [7, 11) is 0. The van der Waals surface area contributed by atoms with E-state index in [-0.39, 0.29) is 18.1 Å². The summed E-state index contributed by atoms with van der Waals surface area (Å²) < 4.78 is 5.27. The van der Waals surface area contributed by atoms with Gasteiger partial charge in [-0.05, 0) is 13.8 Å². The van der Waals surface area contributed by atoms with Crippen LogP contribution in [0.5, 0.6) is 0 Å². The SMILES string of the molecule is CC(=O)NC1C(O)[C@H](C)OC(C)[C@H]1O. The first-order valence-electron chi connectivity index (χ1n) is 4.72. The van der Waals surface area contributed by atoms with Crippen LogP contribution in [0.4, 0.5) is 0 Å². The molecule has 0 bridgehead atoms. The van der Waals surface area contributed by atoms with E-state index in [0.717, 1.165) is 0 Å². The molecule has 0 aromatic heterocycles. The number of carbonyl (C=O) groups is 1. The van der Waals surface area contributed by atoms with Gasteiger partial charge in [-0.3, -0.25) is 4.79 Å². The second kappa shape index (κ2) is 4.25. The maximum Gasteiger partial charge on any atom is 0.217 e. The van der Waals surface area contributed by atoms with Crippen molar-refractivity contribution in [2.75, 3.05) is 0 Å². The van der Waals surface area contributed by atoms with Crippen LogP contribution in [0, 0.1) is 0 Å². The van der Waals surface area contributed by atoms with Crippen LogP contribution < -0.4 is 5.32 Å². The third-order valence-corrected chi connectivity index (χ3v) is 2.50. The molecule has 0 aliphatic carbocycles. The highest BCUT2D eigenvalue weighted by Crippen LogP contribution is 2.20. The fourth-order valence-corrected chi connectivity index (χ4v) is 1.69. The second-order valence-corrected chi connectivity index (χ2v) is 3.75. The molecule has 5 nitrogen and oxygen atoms in total. The van der Waals surface area contributed by atoms with E-state index >= 15 is 0 Å². The zero-order chi connectivity index (χ0) is 10.9. The lowest BCUT2D eigenvalue weighted by Gasteiger charge is -2.40. The number of nitrogens with one attached hydrogen (secondary N) is 1. The first kappa shape index (κ1) is 11.4. The minimum absolute atomic E-state index is 0.269. The third kappa shape index (κ3) is 2.23. The minimum Gasteiger partial charge on any atom is -0.388 e. The Kier molecular flexibility index (Phi) is 3.47. The summed E-state index contributed by atoms with van der Waals surface area (Å²) in [6.07, 6.45) is -2.51. The highest BCUT2D eigenvalue weighted by atomic mass is 16.5. The molecule has 1 heterocycles. The van der Waals surface area contributed by atoms with Crippen LogP contribution in [0.3, 0.4) is 0 Å². The smallest absolute Gasteiger partial charge is 0.217 e. The van der Waals surface area contributed by atoms with Gasteiger partial charge in [0, 0.05) is 6.92 Å². The zero-order valence-corrected chi connectivity index (χ0v) is 8.60. The Balaban J connectivity index is 2.71. The summed E-state index contributed by atoms with van der Waals surface area (Å²) in [6, 6.07) is -0.647. The third-order valence-electron chi connectivity index (χ3n) is 2.50. The van der Waals surface area contributed by atoms with Crippen molar-refractivity contribution in [2.45, 2.75) is 51.2 Å². The monoisotopic (exact) mass is 203 g/mol. The van der Waals surface area contributed by atoms with E-state index in [2.05, 4.69) is 5.32 Å². The highest BCUT2D eigenvalue weighted by Gasteiger charge is 2.40. The number of aliphatic hydroxyl groups excluding tert-OH is 2. The van der Waals surface area contributed by atoms with Crippen LogP contribution in [0.2, 0.25) is 0 Å². The largest absolute Gasteiger partial charge is 0.388 e. The molecule has 1 fully saturated rings. The van der Waals surface area contributed by atoms with Gasteiger partial charge in [0.05, 0.1) is 18.2 Å². The summed E-state index contributed by atoms with van der Waals surface area (Å²) >= 11 is 0. The molecule has 0 spiro atoms. The molecule has 82 valence electrons. The van der Waals surface area contributed by atoms with Gasteiger partial charge in [-0.2, -0.15) is 0 Å². The first-order chi connectivity index (χ1) is 6.43. The van der Waals surface area contributed by atoms with Gasteiger partial charge in [0.25, 0.3) is 0 Å². The van der Waals surface area contributed by atoms with Crippen LogP contribution in [0.25, 0.3) is 0 Å². The van der Waals surface area contributed by atoms with Crippen LogP contribution >= 0.6 is 0 Å². The summed E-state index contributed by atoms with van der Waals surface area (Å²) in [5.41, 5.74) is 0. The molecule has 1 aliphatic heterocycles. The van der Waals surface area contributed by atoms with Gasteiger partial charge in [-0.1, -0.05) is 0 Å². The topological polar surface area (TPSA) is 78.8 Å². The average Bonchev–Trinajstić information content (AvgIpc) is 2.09. The van der Waals surface area contributed by atoms with E-state index in [1.807, 2.05) is 0 Å². The van der Waals surface area contributed by atoms with E-state index in [4.69, 9.17) is 4.74 Å². The molecule has 5 atom stereocenters. The molecule has 1 saturated heterocycles. The molecule has 14 heavy (non-hydrogen) atoms. The van der Waals surface area contributed by atoms with Gasteiger partial charge < -0.3 is 20.3 Å². The van der Waals surface area contributed by atoms with E-state index in [9.17, 15) is 15.0 Å². The van der Waals surface area contributed by atoms with Crippen molar-refractivity contribution in [3.05, 3.63) is 0 Å². The predicted molar refractivity (Wildman–Crippen MR) is 49.6 cm³/mol. The lowest BCUT2D eigenvalue weighted by molar-refractivity contribution is -0.174. The van der Waals surface area contributed by atoms with Crippen LogP contribution in [-0.2, 0) is 9.53 Å². The number of carbonyl (C=O) groups excluding carboxylic acids is 1. The number of hydrogen-bond donors (Lipinski definition) is 3. The molecule has 3 N–H and O–H groups in total. The number of aliphatic hydroxyl groups is 2. The van der Waals surface area contributed by atoms with Gasteiger partial charge in [0.1, 0.15) is 12.2 Å². The second-order valence-electron chi connectivity index (χ2n) is 3.75. The number of rotatable bonds is 1. The van der Waals surface area contributed by atoms with Gasteiger partial charge in [-0.25, -0.2) is 0 Å². The normalized spacial score (nSPS) is 43.4. The average molecular weight is 203 g/mol. The Bertz CT molecular complexity index is 207. The Morgan fingerprint density at radius 3 is 2.00 bits per heavy atom. The molecule has 1 aliphatic rings. The lowest BCUT2D eigenvalue weighted by atomic mass is 9.94. The molecule has 0 radical (unpaired) electrons. The van der Waals surface area contributed by atoms with Crippen LogP contribution in [-0.4, -0.2) is 46.6 Å². The molecule has 1 rings (SSSR count). The van der Waals surface area contributed by atoms with Crippen molar-refractivity contribution in [2.24, 2.45) is 0 Å². The molecular weight excluding hydrogens is 186 g/mol. The van der Waals surface area contributed by atoms with E-state index in [1.165, 1.54) is 6.92 Å². The van der Waals surface area contributed by atoms with Crippen molar-refractivity contribution in [1.29, 1.82) is 0 Å². The van der Waals surface area contributed by atoms with E-state index < -0.39 is 18.2 Å². The first-order valence-corrected chi connectivity index (χ1v) is 4.72. The molecule has 0 aromatic rings. The standard InChI is InChI=1S/C9H17NO4/c1-4-8(12)7(10-6(3)11)9(13)5(2)14-4/h4-5,7-9,12-13H,1-3H3,(H,10,11)/t4-,5?,7?,8?,9+/m0/s1. The zero-order valence-electron chi connectivity index (χ0n) is 8.60. The summed E-state index contributed by atoms with van der Waals surface area (Å²) in [5, 5.41) is 21.9. The number of amides is 1. The fourth-order valence-electron chi connectivity index (χ4n) is 1.69. The Morgan fingerprint density at radius 2 is 1.64 bits per heavy atom. The molecule has 1 amide bonds. The maximum atomic E-state index is 10.8. The van der Waals surface area contributed by atoms with Gasteiger partial charge in [0.2, 0.25) is 5.91 Å². The molecule has 0 saturated carbocycles. The Morgan fingerprint density at radius 1 is 1.21 bits per heavy atom. The minimum atomic E-state index is -0.870. The lowest BCUT2D eigenvalue weighted by Crippen LogP contribution is -2.62. The summed E-state index contributed by atoms with van der Waals surface area (Å²) in [6.45, 7) is 4.77. The summed E-state index contributed by atoms with van der Waals surface area (Å²) in [4.78, 5) is 10.8. The van der Waals surface area contributed by atoms with Crippen molar-refractivity contribution in [3.8, 4) is 0 Å². The quantitative estimate of drug-likeness (QED) is 0.512. The predicted octanol–water partition coefficient (Wildman–Crippen LogP) is -0.980. The van der Waals surface area contributed by atoms with Crippen molar-refractivity contribution in [1.82, 2.24) is 5.32 Å². The van der Waals surface area contributed by atoms with Crippen molar-refractivity contribution < 1.29 is 19.7 Å². The molecule has 5 heteroatoms. The molecular formula is C9H17NO4. The number of hydrogen-bond acceptors (Lipinski definition) is 4. The van der Waals surface area contributed by atoms with Gasteiger partial charge in [-0.15, -0.1) is 0 Å². The summed E-state index contributed by atoms with van der Waals surface area (Å²) in [5.74, 6) is -0.269. The fraction of sp³-hybridized carbons (Fsp3) is 0.889. The van der Waals surface area contributed by atoms with Crippen LogP contribution in [0.1, 0.15) is 20.8 Å². The van der Waals surface area contributed by atoms with Gasteiger partial charge >= 0.3 is 0 Å². The molecule has 3 unspecified atom stereocenters. The van der Waals surface area contributed by atoms with E-state index in [1.54, 1.807) is 13.8 Å². The highest BCUT2D eigenvalue weighted by molar-refractivity contribution is 5.73. The maximum absolute atomic E-state index is 10.8. The Hall–Kier alpha value is -0.650. The Labute approximate surface area is 83.1 Å². The van der Waals surface area contributed by atoms with Gasteiger partial charge in [0.15, 0.2) is 0 Å². The van der Waals surface area contributed by atoms with Crippen LogP contribution in [0.15, 0.2) is 0 Å². The molecule has 0 aromatic carbocycles. The van der Waals surface area contributed by atoms with Crippen molar-refractivity contribution in [3.63, 3.8) is 0 Å². The van der Waals surface area contributed by atoms with E-state index in [0.29, 0.717) is 0 Å².